The minimum absolute atomic E-state index is 0.387. The van der Waals surface area contributed by atoms with Crippen LogP contribution in [0.5, 0.6) is 0 Å². The first-order valence-electron chi connectivity index (χ1n) is 3.99. The summed E-state index contributed by atoms with van der Waals surface area (Å²) < 4.78 is 1.71. The molecule has 0 aromatic carbocycles. The van der Waals surface area contributed by atoms with Gasteiger partial charge >= 0.3 is 0 Å². The van der Waals surface area contributed by atoms with Gasteiger partial charge < -0.3 is 5.11 Å². The monoisotopic (exact) mass is 186 g/mol. The van der Waals surface area contributed by atoms with Crippen molar-refractivity contribution in [2.24, 2.45) is 7.05 Å². The number of thioether (sulfide) groups is 1. The van der Waals surface area contributed by atoms with Crippen LogP contribution in [-0.2, 0) is 7.05 Å². The summed E-state index contributed by atoms with van der Waals surface area (Å²) >= 11 is 1.73. The summed E-state index contributed by atoms with van der Waals surface area (Å²) in [5.41, 5.74) is 0.885. The zero-order chi connectivity index (χ0) is 8.97. The van der Waals surface area contributed by atoms with Gasteiger partial charge in [-0.3, -0.25) is 4.68 Å². The van der Waals surface area contributed by atoms with E-state index in [1.54, 1.807) is 22.6 Å². The smallest absolute Gasteiger partial charge is 0.105 e. The van der Waals surface area contributed by atoms with Gasteiger partial charge in [0, 0.05) is 19.0 Å². The first-order valence-corrected chi connectivity index (χ1v) is 5.15. The molecular weight excluding hydrogens is 172 g/mol. The number of nitrogens with zero attached hydrogens (tertiary/aromatic N) is 2. The van der Waals surface area contributed by atoms with Crippen LogP contribution in [0.25, 0.3) is 0 Å². The molecule has 1 aromatic rings. The van der Waals surface area contributed by atoms with Crippen LogP contribution in [0.1, 0.15) is 18.7 Å². The molecule has 12 heavy (non-hydrogen) atoms. The lowest BCUT2D eigenvalue weighted by molar-refractivity contribution is 0.194. The topological polar surface area (TPSA) is 38.1 Å². The molecule has 1 N–H and O–H groups in total. The third-order valence-electron chi connectivity index (χ3n) is 1.68. The van der Waals surface area contributed by atoms with Gasteiger partial charge in [-0.2, -0.15) is 16.9 Å². The number of aryl methyl sites for hydroxylation is 1. The Bertz CT molecular complexity index is 237. The number of aliphatic hydroxyl groups excluding tert-OH is 1. The van der Waals surface area contributed by atoms with Crippen LogP contribution in [-0.4, -0.2) is 26.4 Å². The molecule has 0 bridgehead atoms. The molecule has 3 nitrogen and oxygen atoms in total. The number of aliphatic hydroxyl groups is 1. The third kappa shape index (κ3) is 2.25. The summed E-state index contributed by atoms with van der Waals surface area (Å²) in [4.78, 5) is 0. The van der Waals surface area contributed by atoms with E-state index in [2.05, 4.69) is 12.0 Å². The van der Waals surface area contributed by atoms with Crippen LogP contribution in [0.2, 0.25) is 0 Å². The maximum atomic E-state index is 9.64. The quantitative estimate of drug-likeness (QED) is 0.768. The molecule has 0 aliphatic heterocycles. The summed E-state index contributed by atoms with van der Waals surface area (Å²) in [6.07, 6.45) is 1.32. The minimum atomic E-state index is -0.387. The van der Waals surface area contributed by atoms with Crippen molar-refractivity contribution in [2.75, 3.05) is 11.5 Å². The zero-order valence-corrected chi connectivity index (χ0v) is 8.21. The molecule has 0 amide bonds. The summed E-state index contributed by atoms with van der Waals surface area (Å²) in [6.45, 7) is 2.08. The Kier molecular flexibility index (Phi) is 3.62. The zero-order valence-electron chi connectivity index (χ0n) is 7.40. The van der Waals surface area contributed by atoms with Gasteiger partial charge in [-0.1, -0.05) is 6.92 Å². The Morgan fingerprint density at radius 3 is 3.00 bits per heavy atom. The first-order chi connectivity index (χ1) is 5.75. The lowest BCUT2D eigenvalue weighted by Gasteiger charge is -2.09. The van der Waals surface area contributed by atoms with Gasteiger partial charge in [-0.15, -0.1) is 0 Å². The number of hydrogen-bond acceptors (Lipinski definition) is 3. The Labute approximate surface area is 76.8 Å². The maximum Gasteiger partial charge on any atom is 0.105 e. The van der Waals surface area contributed by atoms with E-state index in [0.717, 1.165) is 17.2 Å². The summed E-state index contributed by atoms with van der Waals surface area (Å²) in [6, 6.07) is 1.85. The van der Waals surface area contributed by atoms with E-state index in [0.29, 0.717) is 0 Å². The number of hydrogen-bond donors (Lipinski definition) is 1. The van der Waals surface area contributed by atoms with Crippen molar-refractivity contribution < 1.29 is 5.11 Å². The summed E-state index contributed by atoms with van der Waals surface area (Å²) in [5, 5.41) is 13.6. The van der Waals surface area contributed by atoms with Crippen molar-refractivity contribution in [3.63, 3.8) is 0 Å². The highest BCUT2D eigenvalue weighted by Crippen LogP contribution is 2.16. The van der Waals surface area contributed by atoms with E-state index in [4.69, 9.17) is 0 Å². The predicted molar refractivity (Wildman–Crippen MR) is 51.2 cm³/mol. The van der Waals surface area contributed by atoms with Gasteiger partial charge in [-0.05, 0) is 11.8 Å². The highest BCUT2D eigenvalue weighted by Gasteiger charge is 2.09. The minimum Gasteiger partial charge on any atom is -0.386 e. The second-order valence-corrected chi connectivity index (χ2v) is 3.87. The van der Waals surface area contributed by atoms with E-state index >= 15 is 0 Å². The molecule has 0 fully saturated rings. The van der Waals surface area contributed by atoms with Crippen molar-refractivity contribution in [3.8, 4) is 0 Å². The predicted octanol–water partition coefficient (Wildman–Crippen LogP) is 1.21. The lowest BCUT2D eigenvalue weighted by atomic mass is 10.3. The van der Waals surface area contributed by atoms with Crippen molar-refractivity contribution in [3.05, 3.63) is 18.0 Å². The third-order valence-corrected chi connectivity index (χ3v) is 2.64. The van der Waals surface area contributed by atoms with Crippen molar-refractivity contribution in [1.29, 1.82) is 0 Å². The van der Waals surface area contributed by atoms with Crippen LogP contribution >= 0.6 is 11.8 Å². The van der Waals surface area contributed by atoms with Crippen LogP contribution in [0.4, 0.5) is 0 Å². The normalized spacial score (nSPS) is 13.2. The highest BCUT2D eigenvalue weighted by atomic mass is 32.2. The summed E-state index contributed by atoms with van der Waals surface area (Å²) in [7, 11) is 1.84. The van der Waals surface area contributed by atoms with Gasteiger partial charge in [0.25, 0.3) is 0 Å². The van der Waals surface area contributed by atoms with E-state index in [1.165, 1.54) is 0 Å². The fourth-order valence-electron chi connectivity index (χ4n) is 1.03. The van der Waals surface area contributed by atoms with Crippen molar-refractivity contribution in [2.45, 2.75) is 13.0 Å². The molecule has 0 spiro atoms. The molecule has 0 radical (unpaired) electrons. The van der Waals surface area contributed by atoms with E-state index in [1.807, 2.05) is 13.1 Å². The Hall–Kier alpha value is -0.480. The van der Waals surface area contributed by atoms with Gasteiger partial charge in [0.15, 0.2) is 0 Å². The second-order valence-electron chi connectivity index (χ2n) is 2.55. The molecule has 1 atom stereocenters. The fraction of sp³-hybridized carbons (Fsp3) is 0.625. The van der Waals surface area contributed by atoms with Crippen molar-refractivity contribution >= 4 is 11.8 Å². The molecule has 0 saturated carbocycles. The molecule has 1 heterocycles. The van der Waals surface area contributed by atoms with Gasteiger partial charge in [-0.25, -0.2) is 0 Å². The first kappa shape index (κ1) is 9.61. The van der Waals surface area contributed by atoms with Gasteiger partial charge in [0.05, 0.1) is 5.69 Å². The fourth-order valence-corrected chi connectivity index (χ4v) is 1.66. The molecule has 1 unspecified atom stereocenters. The number of rotatable bonds is 4. The van der Waals surface area contributed by atoms with Crippen LogP contribution in [0, 0.1) is 0 Å². The standard InChI is InChI=1S/C8H14N2OS/c1-3-12-6-8(11)7-4-5-9-10(7)2/h4-5,8,11H,3,6H2,1-2H3. The Morgan fingerprint density at radius 1 is 1.75 bits per heavy atom. The molecule has 0 aliphatic carbocycles. The summed E-state index contributed by atoms with van der Waals surface area (Å²) in [5.74, 6) is 1.78. The number of aromatic nitrogens is 2. The largest absolute Gasteiger partial charge is 0.386 e. The molecule has 4 heteroatoms. The van der Waals surface area contributed by atoms with E-state index in [-0.39, 0.29) is 6.10 Å². The molecular formula is C8H14N2OS. The SMILES string of the molecule is CCSCC(O)c1ccnn1C. The molecule has 0 saturated heterocycles. The average molecular weight is 186 g/mol. The molecule has 1 aromatic heterocycles. The van der Waals surface area contributed by atoms with Crippen LogP contribution < -0.4 is 0 Å². The van der Waals surface area contributed by atoms with Crippen molar-refractivity contribution in [1.82, 2.24) is 9.78 Å². The maximum absolute atomic E-state index is 9.64. The molecule has 68 valence electrons. The Morgan fingerprint density at radius 2 is 2.50 bits per heavy atom. The van der Waals surface area contributed by atoms with Crippen LogP contribution in [0.3, 0.4) is 0 Å². The van der Waals surface area contributed by atoms with Crippen LogP contribution in [0.15, 0.2) is 12.3 Å². The van der Waals surface area contributed by atoms with Gasteiger partial charge in [0.2, 0.25) is 0 Å². The van der Waals surface area contributed by atoms with E-state index < -0.39 is 0 Å². The van der Waals surface area contributed by atoms with Gasteiger partial charge in [0.1, 0.15) is 6.10 Å². The second kappa shape index (κ2) is 4.52. The Balaban J connectivity index is 2.52. The molecule has 0 aliphatic rings. The molecule has 1 rings (SSSR count). The highest BCUT2D eigenvalue weighted by molar-refractivity contribution is 7.99. The van der Waals surface area contributed by atoms with E-state index in [9.17, 15) is 5.11 Å². The lowest BCUT2D eigenvalue weighted by Crippen LogP contribution is -2.07. The average Bonchev–Trinajstić information content (AvgIpc) is 2.47.